The van der Waals surface area contributed by atoms with Crippen LogP contribution in [0.4, 0.5) is 0 Å². The molecule has 0 saturated heterocycles. The number of carbonyl (C=O) groups is 1. The molecule has 19 heavy (non-hydrogen) atoms. The molecule has 0 bridgehead atoms. The van der Waals surface area contributed by atoms with Gasteiger partial charge in [0.2, 0.25) is 0 Å². The van der Waals surface area contributed by atoms with Gasteiger partial charge in [-0.1, -0.05) is 13.8 Å². The maximum atomic E-state index is 12.2. The lowest BCUT2D eigenvalue weighted by Crippen LogP contribution is -2.39. The first-order chi connectivity index (χ1) is 8.91. The maximum absolute atomic E-state index is 12.2. The Labute approximate surface area is 113 Å². The summed E-state index contributed by atoms with van der Waals surface area (Å²) in [6, 6.07) is 0. The summed E-state index contributed by atoms with van der Waals surface area (Å²) in [6.07, 6.45) is 0.230. The van der Waals surface area contributed by atoms with Gasteiger partial charge < -0.3 is 14.4 Å². The van der Waals surface area contributed by atoms with Gasteiger partial charge in [-0.05, 0) is 19.8 Å². The highest BCUT2D eigenvalue weighted by atomic mass is 31.2. The fourth-order valence-electron chi connectivity index (χ4n) is 1.62. The lowest BCUT2D eigenvalue weighted by Gasteiger charge is -2.31. The van der Waals surface area contributed by atoms with Crippen LogP contribution < -0.4 is 0 Å². The SMILES string of the molecule is CCOC(=O)C(CC)(CC)P(=O)(O)OOCCOC. The second-order valence-corrected chi connectivity index (χ2v) is 5.91. The van der Waals surface area contributed by atoms with Gasteiger partial charge in [-0.15, -0.1) is 4.67 Å². The second-order valence-electron chi connectivity index (χ2n) is 3.87. The molecule has 0 aliphatic carbocycles. The molecule has 0 saturated carbocycles. The van der Waals surface area contributed by atoms with Crippen LogP contribution in [-0.4, -0.2) is 42.9 Å². The van der Waals surface area contributed by atoms with E-state index in [-0.39, 0.29) is 32.7 Å². The predicted molar refractivity (Wildman–Crippen MR) is 68.7 cm³/mol. The van der Waals surface area contributed by atoms with Crippen LogP contribution in [0.3, 0.4) is 0 Å². The van der Waals surface area contributed by atoms with Gasteiger partial charge in [0.1, 0.15) is 6.61 Å². The van der Waals surface area contributed by atoms with Crippen LogP contribution in [0, 0.1) is 0 Å². The van der Waals surface area contributed by atoms with Crippen molar-refractivity contribution in [2.45, 2.75) is 38.8 Å². The van der Waals surface area contributed by atoms with E-state index in [1.165, 1.54) is 7.11 Å². The summed E-state index contributed by atoms with van der Waals surface area (Å²) in [4.78, 5) is 26.6. The van der Waals surface area contributed by atoms with Crippen molar-refractivity contribution in [3.05, 3.63) is 0 Å². The first-order valence-electron chi connectivity index (χ1n) is 6.22. The smallest absolute Gasteiger partial charge is 0.372 e. The summed E-state index contributed by atoms with van der Waals surface area (Å²) in [5.74, 6) is -0.749. The summed E-state index contributed by atoms with van der Waals surface area (Å²) in [5, 5.41) is -1.60. The van der Waals surface area contributed by atoms with Gasteiger partial charge >= 0.3 is 13.6 Å². The number of hydrogen-bond donors (Lipinski definition) is 1. The van der Waals surface area contributed by atoms with E-state index >= 15 is 0 Å². The molecule has 0 amide bonds. The van der Waals surface area contributed by atoms with Gasteiger partial charge in [0, 0.05) is 7.11 Å². The molecule has 8 heteroatoms. The summed E-state index contributed by atoms with van der Waals surface area (Å²) in [7, 11) is -2.85. The lowest BCUT2D eigenvalue weighted by molar-refractivity contribution is -0.222. The molecule has 7 nitrogen and oxygen atoms in total. The Hall–Kier alpha value is -0.460. The lowest BCUT2D eigenvalue weighted by atomic mass is 10.0. The molecule has 114 valence electrons. The van der Waals surface area contributed by atoms with Crippen molar-refractivity contribution in [2.24, 2.45) is 0 Å². The number of carbonyl (C=O) groups excluding carboxylic acids is 1. The van der Waals surface area contributed by atoms with Crippen LogP contribution in [0.25, 0.3) is 0 Å². The van der Waals surface area contributed by atoms with Crippen LogP contribution in [0.15, 0.2) is 0 Å². The predicted octanol–water partition coefficient (Wildman–Crippen LogP) is 1.89. The van der Waals surface area contributed by atoms with Gasteiger partial charge in [0.25, 0.3) is 0 Å². The van der Waals surface area contributed by atoms with Crippen molar-refractivity contribution in [2.75, 3.05) is 26.9 Å². The van der Waals surface area contributed by atoms with Crippen molar-refractivity contribution < 1.29 is 33.3 Å². The topological polar surface area (TPSA) is 91.3 Å². The quantitative estimate of drug-likeness (QED) is 0.216. The first kappa shape index (κ1) is 18.5. The number of rotatable bonds is 10. The maximum Gasteiger partial charge on any atom is 0.372 e. The van der Waals surface area contributed by atoms with E-state index in [9.17, 15) is 14.3 Å². The van der Waals surface area contributed by atoms with Crippen LogP contribution in [-0.2, 0) is 28.4 Å². The van der Waals surface area contributed by atoms with Gasteiger partial charge in [-0.2, -0.15) is 0 Å². The van der Waals surface area contributed by atoms with Crippen LogP contribution in [0.2, 0.25) is 0 Å². The molecule has 1 N–H and O–H groups in total. The third-order valence-corrected chi connectivity index (χ3v) is 5.09. The standard InChI is InChI=1S/C11H23O7P/c1-5-11(6-2,10(12)16-7-3)19(13,14)18-17-9-8-15-4/h5-9H2,1-4H3,(H,13,14). The van der Waals surface area contributed by atoms with Gasteiger partial charge in [0.05, 0.1) is 13.2 Å². The molecule has 0 heterocycles. The minimum atomic E-state index is -4.31. The fraction of sp³-hybridized carbons (Fsp3) is 0.909. The summed E-state index contributed by atoms with van der Waals surface area (Å²) in [6.45, 7) is 5.22. The molecule has 0 rings (SSSR count). The molecule has 0 aliphatic heterocycles. The van der Waals surface area contributed by atoms with Crippen molar-refractivity contribution in [3.63, 3.8) is 0 Å². The molecular formula is C11H23O7P. The minimum Gasteiger partial charge on any atom is -0.465 e. The number of hydrogen-bond acceptors (Lipinski definition) is 6. The molecule has 0 fully saturated rings. The molecule has 0 spiro atoms. The summed E-state index contributed by atoms with van der Waals surface area (Å²) >= 11 is 0. The van der Waals surface area contributed by atoms with Crippen molar-refractivity contribution in [3.8, 4) is 0 Å². The Balaban J connectivity index is 4.92. The van der Waals surface area contributed by atoms with Crippen LogP contribution in [0.1, 0.15) is 33.6 Å². The third-order valence-electron chi connectivity index (χ3n) is 2.89. The highest BCUT2D eigenvalue weighted by molar-refractivity contribution is 7.55. The molecule has 0 aromatic carbocycles. The second kappa shape index (κ2) is 8.66. The summed E-state index contributed by atoms with van der Waals surface area (Å²) < 4.78 is 26.4. The van der Waals surface area contributed by atoms with Gasteiger partial charge in [0.15, 0.2) is 5.16 Å². The average molecular weight is 298 g/mol. The Kier molecular flexibility index (Phi) is 8.45. The van der Waals surface area contributed by atoms with E-state index in [2.05, 4.69) is 9.56 Å². The van der Waals surface area contributed by atoms with Crippen LogP contribution in [0.5, 0.6) is 0 Å². The van der Waals surface area contributed by atoms with E-state index in [4.69, 9.17) is 9.47 Å². The zero-order valence-electron chi connectivity index (χ0n) is 11.9. The Morgan fingerprint density at radius 1 is 1.21 bits per heavy atom. The van der Waals surface area contributed by atoms with E-state index < -0.39 is 18.7 Å². The Morgan fingerprint density at radius 2 is 1.79 bits per heavy atom. The van der Waals surface area contributed by atoms with Crippen molar-refractivity contribution in [1.29, 1.82) is 0 Å². The number of ether oxygens (including phenoxy) is 2. The normalized spacial score (nSPS) is 15.0. The van der Waals surface area contributed by atoms with Gasteiger partial charge in [-0.25, -0.2) is 4.89 Å². The highest BCUT2D eigenvalue weighted by Crippen LogP contribution is 2.59. The van der Waals surface area contributed by atoms with Crippen molar-refractivity contribution in [1.82, 2.24) is 0 Å². The third kappa shape index (κ3) is 4.54. The zero-order chi connectivity index (χ0) is 14.9. The average Bonchev–Trinajstić information content (AvgIpc) is 2.37. The first-order valence-corrected chi connectivity index (χ1v) is 7.79. The Bertz CT molecular complexity index is 314. The largest absolute Gasteiger partial charge is 0.465 e. The monoisotopic (exact) mass is 298 g/mol. The molecule has 0 aromatic rings. The number of esters is 1. The van der Waals surface area contributed by atoms with Crippen molar-refractivity contribution >= 4 is 13.6 Å². The molecule has 0 aliphatic rings. The molecule has 1 unspecified atom stereocenters. The van der Waals surface area contributed by atoms with E-state index in [1.54, 1.807) is 20.8 Å². The minimum absolute atomic E-state index is 0.00656. The molecule has 0 aromatic heterocycles. The molecular weight excluding hydrogens is 275 g/mol. The van der Waals surface area contributed by atoms with E-state index in [1.807, 2.05) is 0 Å². The summed E-state index contributed by atoms with van der Waals surface area (Å²) in [5.41, 5.74) is 0. The fourth-order valence-corrected chi connectivity index (χ4v) is 3.07. The molecule has 0 radical (unpaired) electrons. The van der Waals surface area contributed by atoms with E-state index in [0.717, 1.165) is 0 Å². The number of methoxy groups -OCH3 is 1. The molecule has 1 atom stereocenters. The van der Waals surface area contributed by atoms with E-state index in [0.29, 0.717) is 0 Å². The Morgan fingerprint density at radius 3 is 2.21 bits per heavy atom. The van der Waals surface area contributed by atoms with Crippen LogP contribution >= 0.6 is 7.60 Å². The van der Waals surface area contributed by atoms with Gasteiger partial charge in [-0.3, -0.25) is 9.36 Å². The zero-order valence-corrected chi connectivity index (χ0v) is 12.8. The highest BCUT2D eigenvalue weighted by Gasteiger charge is 2.54.